The largest absolute Gasteiger partial charge is 0.388 e. The second-order valence-corrected chi connectivity index (χ2v) is 10.3. The van der Waals surface area contributed by atoms with E-state index in [1.54, 1.807) is 13.0 Å². The fraction of sp³-hybridized carbons (Fsp3) is 0.143. The van der Waals surface area contributed by atoms with Crippen molar-refractivity contribution in [2.45, 2.75) is 17.6 Å². The monoisotopic (exact) mass is 484 g/mol. The fourth-order valence-corrected chi connectivity index (χ4v) is 5.28. The highest BCUT2D eigenvalue weighted by atomic mass is 32.2. The second kappa shape index (κ2) is 9.00. The molecule has 0 atom stereocenters. The number of amides is 3. The van der Waals surface area contributed by atoms with Gasteiger partial charge in [-0.05, 0) is 43.3 Å². The van der Waals surface area contributed by atoms with Crippen LogP contribution in [0, 0.1) is 6.92 Å². The lowest BCUT2D eigenvalue weighted by molar-refractivity contribution is -0.116. The van der Waals surface area contributed by atoms with E-state index >= 15 is 0 Å². The average Bonchev–Trinajstić information content (AvgIpc) is 3.40. The molecule has 3 amide bonds. The Hall–Kier alpha value is -3.77. The van der Waals surface area contributed by atoms with E-state index in [1.807, 2.05) is 36.0 Å². The van der Waals surface area contributed by atoms with Crippen LogP contribution in [-0.2, 0) is 14.8 Å². The van der Waals surface area contributed by atoms with Crippen molar-refractivity contribution in [2.75, 3.05) is 22.7 Å². The van der Waals surface area contributed by atoms with Crippen LogP contribution in [0.2, 0.25) is 0 Å². The van der Waals surface area contributed by atoms with Crippen molar-refractivity contribution in [3.8, 4) is 0 Å². The Labute approximate surface area is 194 Å². The molecular formula is C21H20N6O4S2. The maximum absolute atomic E-state index is 12.5. The topological polar surface area (TPSA) is 133 Å². The van der Waals surface area contributed by atoms with E-state index in [4.69, 9.17) is 0 Å². The van der Waals surface area contributed by atoms with Crippen LogP contribution in [0.5, 0.6) is 0 Å². The van der Waals surface area contributed by atoms with Gasteiger partial charge < -0.3 is 10.6 Å². The summed E-state index contributed by atoms with van der Waals surface area (Å²) in [6.07, 6.45) is 1.45. The summed E-state index contributed by atoms with van der Waals surface area (Å²) in [5, 5.41) is 11.1. The highest BCUT2D eigenvalue weighted by Crippen LogP contribution is 2.24. The Bertz CT molecular complexity index is 1350. The number of sulfonamides is 1. The number of aromatic nitrogens is 1. The number of benzene rings is 1. The van der Waals surface area contributed by atoms with Gasteiger partial charge in [0.15, 0.2) is 5.82 Å². The summed E-state index contributed by atoms with van der Waals surface area (Å²) in [5.74, 6) is 0.0514. The molecule has 3 N–H and O–H groups in total. The smallest absolute Gasteiger partial charge is 0.333 e. The lowest BCUT2D eigenvalue weighted by Gasteiger charge is -2.11. The fourth-order valence-electron chi connectivity index (χ4n) is 3.09. The van der Waals surface area contributed by atoms with Crippen LogP contribution < -0.4 is 20.4 Å². The lowest BCUT2D eigenvalue weighted by Crippen LogP contribution is -2.34. The number of thiophene rings is 1. The maximum atomic E-state index is 12.5. The Kier molecular flexibility index (Phi) is 6.11. The number of nitrogens with one attached hydrogen (secondary N) is 3. The number of hydrogen-bond acceptors (Lipinski definition) is 8. The van der Waals surface area contributed by atoms with E-state index in [2.05, 4.69) is 20.7 Å². The van der Waals surface area contributed by atoms with Crippen molar-refractivity contribution >= 4 is 56.2 Å². The molecule has 0 aliphatic carbocycles. The Balaban J connectivity index is 1.44. The van der Waals surface area contributed by atoms with Gasteiger partial charge in [0.25, 0.3) is 15.9 Å². The summed E-state index contributed by atoms with van der Waals surface area (Å²) in [6.45, 7) is 1.77. The molecule has 3 aromatic rings. The Morgan fingerprint density at radius 1 is 1.12 bits per heavy atom. The first-order valence-corrected chi connectivity index (χ1v) is 12.1. The molecule has 170 valence electrons. The number of hydrogen-bond donors (Lipinski definition) is 3. The summed E-state index contributed by atoms with van der Waals surface area (Å²) in [4.78, 5) is 29.6. The molecule has 0 unspecified atom stereocenters. The Morgan fingerprint density at radius 2 is 1.94 bits per heavy atom. The van der Waals surface area contributed by atoms with E-state index in [-0.39, 0.29) is 28.0 Å². The first-order valence-electron chi connectivity index (χ1n) is 9.80. The van der Waals surface area contributed by atoms with E-state index in [1.165, 1.54) is 29.4 Å². The number of hydrazone groups is 1. The van der Waals surface area contributed by atoms with Crippen LogP contribution >= 0.6 is 11.3 Å². The number of aryl methyl sites for hydroxylation is 1. The molecule has 0 saturated carbocycles. The molecule has 0 spiro atoms. The summed E-state index contributed by atoms with van der Waals surface area (Å²) >= 11 is 1.06. The zero-order chi connectivity index (χ0) is 23.6. The number of carbonyl (C=O) groups is 2. The van der Waals surface area contributed by atoms with Gasteiger partial charge in [0, 0.05) is 23.2 Å². The molecule has 0 fully saturated rings. The summed E-state index contributed by atoms with van der Waals surface area (Å²) in [5.41, 5.74) is 2.61. The van der Waals surface area contributed by atoms with Crippen LogP contribution in [0.25, 0.3) is 0 Å². The highest BCUT2D eigenvalue weighted by molar-refractivity contribution is 7.92. The van der Waals surface area contributed by atoms with Crippen molar-refractivity contribution in [2.24, 2.45) is 5.10 Å². The molecule has 10 nitrogen and oxygen atoms in total. The van der Waals surface area contributed by atoms with E-state index in [9.17, 15) is 18.0 Å². The van der Waals surface area contributed by atoms with Gasteiger partial charge in [-0.25, -0.2) is 22.9 Å². The molecule has 2 aromatic heterocycles. The molecule has 3 heterocycles. The van der Waals surface area contributed by atoms with Gasteiger partial charge in [0.2, 0.25) is 0 Å². The van der Waals surface area contributed by atoms with E-state index in [0.717, 1.165) is 27.5 Å². The molecule has 1 aromatic carbocycles. The van der Waals surface area contributed by atoms with Gasteiger partial charge in [-0.15, -0.1) is 11.3 Å². The lowest BCUT2D eigenvalue weighted by atomic mass is 10.1. The number of carbonyl (C=O) groups excluding carboxylic acids is 2. The van der Waals surface area contributed by atoms with E-state index in [0.29, 0.717) is 5.71 Å². The van der Waals surface area contributed by atoms with Crippen LogP contribution in [0.15, 0.2) is 64.0 Å². The molecular weight excluding hydrogens is 464 g/mol. The number of nitrogens with zero attached hydrogens (tertiary/aromatic N) is 3. The van der Waals surface area contributed by atoms with E-state index < -0.39 is 16.1 Å². The van der Waals surface area contributed by atoms with Gasteiger partial charge in [-0.1, -0.05) is 12.1 Å². The third-order valence-corrected chi connectivity index (χ3v) is 7.51. The first-order chi connectivity index (χ1) is 15.7. The van der Waals surface area contributed by atoms with Crippen LogP contribution in [-0.4, -0.2) is 38.1 Å². The molecule has 4 rings (SSSR count). The number of rotatable bonds is 6. The van der Waals surface area contributed by atoms with Gasteiger partial charge in [0.1, 0.15) is 4.21 Å². The van der Waals surface area contributed by atoms with Gasteiger partial charge >= 0.3 is 6.03 Å². The number of anilines is 3. The summed E-state index contributed by atoms with van der Waals surface area (Å²) < 4.78 is 26.5. The molecule has 1 aliphatic rings. The Morgan fingerprint density at radius 3 is 2.61 bits per heavy atom. The highest BCUT2D eigenvalue weighted by Gasteiger charge is 2.27. The van der Waals surface area contributed by atoms with Gasteiger partial charge in [0.05, 0.1) is 24.0 Å². The first kappa shape index (κ1) is 22.4. The van der Waals surface area contributed by atoms with Crippen LogP contribution in [0.3, 0.4) is 0 Å². The molecule has 12 heteroatoms. The third-order valence-electron chi connectivity index (χ3n) is 4.69. The van der Waals surface area contributed by atoms with Crippen molar-refractivity contribution in [1.29, 1.82) is 0 Å². The minimum atomic E-state index is -3.96. The van der Waals surface area contributed by atoms with Gasteiger partial charge in [-0.2, -0.15) is 10.1 Å². The predicted octanol–water partition coefficient (Wildman–Crippen LogP) is 3.14. The van der Waals surface area contributed by atoms with Crippen molar-refractivity contribution in [3.63, 3.8) is 0 Å². The molecule has 1 aliphatic heterocycles. The van der Waals surface area contributed by atoms with Crippen LogP contribution in [0.4, 0.5) is 22.0 Å². The predicted molar refractivity (Wildman–Crippen MR) is 127 cm³/mol. The normalized spacial score (nSPS) is 13.6. The third kappa shape index (κ3) is 5.02. The number of pyridine rings is 1. The zero-order valence-electron chi connectivity index (χ0n) is 17.7. The molecule has 0 radical (unpaired) electrons. The molecule has 0 saturated heterocycles. The van der Waals surface area contributed by atoms with Crippen molar-refractivity contribution in [3.05, 3.63) is 65.2 Å². The van der Waals surface area contributed by atoms with Crippen LogP contribution in [0.1, 0.15) is 16.9 Å². The molecule has 0 bridgehead atoms. The quantitative estimate of drug-likeness (QED) is 0.492. The standard InChI is InChI=1S/C21H20N6O4S2/c1-13-6-9-20(32-13)33(30,31)26-21(29)24-16-7-8-18(23-12-16)27-19(28)11-17(25-27)14-4-3-5-15(10-14)22-2/h3-10,12,22H,11H2,1-2H3,(H2,24,26,29). The van der Waals surface area contributed by atoms with Crippen molar-refractivity contribution < 1.29 is 18.0 Å². The van der Waals surface area contributed by atoms with Gasteiger partial charge in [-0.3, -0.25) is 4.79 Å². The van der Waals surface area contributed by atoms with Crippen molar-refractivity contribution in [1.82, 2.24) is 9.71 Å². The zero-order valence-corrected chi connectivity index (χ0v) is 19.3. The summed E-state index contributed by atoms with van der Waals surface area (Å²) in [7, 11) is -2.15. The maximum Gasteiger partial charge on any atom is 0.333 e. The number of urea groups is 1. The second-order valence-electron chi connectivity index (χ2n) is 7.09. The molecule has 33 heavy (non-hydrogen) atoms. The SMILES string of the molecule is CNc1cccc(C2=NN(c3ccc(NC(=O)NS(=O)(=O)c4ccc(C)s4)cn3)C(=O)C2)c1. The summed E-state index contributed by atoms with van der Waals surface area (Å²) in [6, 6.07) is 12.8. The minimum Gasteiger partial charge on any atom is -0.388 e. The minimum absolute atomic E-state index is 0.0464. The average molecular weight is 485 g/mol.